The van der Waals surface area contributed by atoms with Crippen LogP contribution in [0, 0.1) is 0 Å². The normalized spacial score (nSPS) is 10.7. The molecule has 0 aromatic heterocycles. The van der Waals surface area contributed by atoms with E-state index in [1.165, 1.54) is 0 Å². The number of methoxy groups -OCH3 is 1. The summed E-state index contributed by atoms with van der Waals surface area (Å²) in [7, 11) is 1.55. The summed E-state index contributed by atoms with van der Waals surface area (Å²) in [4.78, 5) is 12.4. The molecule has 0 atom stereocenters. The molecule has 0 bridgehead atoms. The van der Waals surface area contributed by atoms with E-state index in [9.17, 15) is 4.79 Å². The molecule has 3 aromatic rings. The van der Waals surface area contributed by atoms with Crippen molar-refractivity contribution in [3.63, 3.8) is 0 Å². The van der Waals surface area contributed by atoms with Crippen molar-refractivity contribution in [2.24, 2.45) is 5.10 Å². The Kier molecular flexibility index (Phi) is 8.06. The molecule has 7 heteroatoms. The fraction of sp³-hybridized carbons (Fsp3) is 0.167. The number of amides is 1. The van der Waals surface area contributed by atoms with E-state index < -0.39 is 0 Å². The first-order chi connectivity index (χ1) is 15.1. The lowest BCUT2D eigenvalue weighted by Crippen LogP contribution is -2.17. The highest BCUT2D eigenvalue weighted by atomic mass is 79.9. The Balaban J connectivity index is 1.59. The van der Waals surface area contributed by atoms with Gasteiger partial charge in [-0.25, -0.2) is 5.43 Å². The van der Waals surface area contributed by atoms with Crippen molar-refractivity contribution in [3.05, 3.63) is 87.9 Å². The average molecular weight is 483 g/mol. The van der Waals surface area contributed by atoms with Crippen molar-refractivity contribution >= 4 is 28.1 Å². The lowest BCUT2D eigenvalue weighted by atomic mass is 10.2. The zero-order valence-electron chi connectivity index (χ0n) is 17.3. The number of nitrogens with zero attached hydrogens (tertiary/aromatic N) is 1. The number of carbonyl (C=O) groups excluding carboxylic acids is 1. The molecule has 31 heavy (non-hydrogen) atoms. The fourth-order valence-corrected chi connectivity index (χ4v) is 3.28. The topological polar surface area (TPSA) is 69.2 Å². The number of ether oxygens (including phenoxy) is 3. The third-order valence-electron chi connectivity index (χ3n) is 4.30. The van der Waals surface area contributed by atoms with Crippen molar-refractivity contribution in [1.29, 1.82) is 0 Å². The van der Waals surface area contributed by atoms with Crippen molar-refractivity contribution < 1.29 is 19.0 Å². The summed E-state index contributed by atoms with van der Waals surface area (Å²) in [5.74, 6) is 1.46. The maximum absolute atomic E-state index is 12.4. The Bertz CT molecular complexity index is 1050. The van der Waals surface area contributed by atoms with E-state index in [4.69, 9.17) is 14.2 Å². The third kappa shape index (κ3) is 6.33. The van der Waals surface area contributed by atoms with Gasteiger partial charge in [-0.05, 0) is 70.4 Å². The van der Waals surface area contributed by atoms with E-state index in [-0.39, 0.29) is 5.91 Å². The maximum atomic E-state index is 12.4. The van der Waals surface area contributed by atoms with Gasteiger partial charge in [-0.2, -0.15) is 5.10 Å². The minimum atomic E-state index is -0.346. The van der Waals surface area contributed by atoms with Gasteiger partial charge in [0.15, 0.2) is 11.5 Å². The quantitative estimate of drug-likeness (QED) is 0.336. The summed E-state index contributed by atoms with van der Waals surface area (Å²) in [6.07, 6.45) is 1.57. The number of hydrogen-bond acceptors (Lipinski definition) is 5. The summed E-state index contributed by atoms with van der Waals surface area (Å²) >= 11 is 3.51. The molecule has 3 aromatic carbocycles. The predicted octanol–water partition coefficient (Wildman–Crippen LogP) is 5.20. The van der Waals surface area contributed by atoms with Crippen LogP contribution < -0.4 is 19.6 Å². The Morgan fingerprint density at radius 1 is 1.00 bits per heavy atom. The maximum Gasteiger partial charge on any atom is 0.271 e. The molecule has 0 heterocycles. The Hall–Kier alpha value is -3.32. The summed E-state index contributed by atoms with van der Waals surface area (Å²) in [5.41, 5.74) is 4.85. The molecule has 160 valence electrons. The second-order valence-corrected chi connectivity index (χ2v) is 7.32. The summed E-state index contributed by atoms with van der Waals surface area (Å²) in [6, 6.07) is 20.5. The van der Waals surface area contributed by atoms with Crippen molar-refractivity contribution in [2.45, 2.75) is 13.5 Å². The van der Waals surface area contributed by atoms with E-state index in [1.807, 2.05) is 55.5 Å². The van der Waals surface area contributed by atoms with Crippen molar-refractivity contribution in [1.82, 2.24) is 5.43 Å². The highest BCUT2D eigenvalue weighted by Crippen LogP contribution is 2.28. The summed E-state index contributed by atoms with van der Waals surface area (Å²) in [5, 5.41) is 4.04. The van der Waals surface area contributed by atoms with E-state index >= 15 is 0 Å². The largest absolute Gasteiger partial charge is 0.493 e. The fourth-order valence-electron chi connectivity index (χ4n) is 2.77. The molecular weight excluding hydrogens is 460 g/mol. The van der Waals surface area contributed by atoms with E-state index in [2.05, 4.69) is 26.5 Å². The summed E-state index contributed by atoms with van der Waals surface area (Å²) in [6.45, 7) is 2.82. The van der Waals surface area contributed by atoms with Gasteiger partial charge in [-0.3, -0.25) is 4.79 Å². The second kappa shape index (κ2) is 11.2. The minimum absolute atomic E-state index is 0.346. The van der Waals surface area contributed by atoms with Gasteiger partial charge in [0.05, 0.1) is 24.4 Å². The molecule has 0 aliphatic rings. The number of hydrazone groups is 1. The third-order valence-corrected chi connectivity index (χ3v) is 4.92. The number of benzene rings is 3. The number of carbonyl (C=O) groups is 1. The molecule has 3 rings (SSSR count). The van der Waals surface area contributed by atoms with Crippen LogP contribution in [0.5, 0.6) is 17.2 Å². The number of rotatable bonds is 9. The highest BCUT2D eigenvalue weighted by molar-refractivity contribution is 9.10. The van der Waals surface area contributed by atoms with E-state index in [0.29, 0.717) is 30.3 Å². The Morgan fingerprint density at radius 2 is 1.77 bits per heavy atom. The number of halogens is 1. The van der Waals surface area contributed by atoms with Gasteiger partial charge in [-0.1, -0.05) is 30.3 Å². The molecule has 0 unspecified atom stereocenters. The first-order valence-electron chi connectivity index (χ1n) is 9.71. The molecule has 0 aliphatic heterocycles. The smallest absolute Gasteiger partial charge is 0.271 e. The number of hydrogen-bond donors (Lipinski definition) is 1. The Morgan fingerprint density at radius 3 is 2.48 bits per heavy atom. The molecule has 1 amide bonds. The standard InChI is InChI=1S/C24H23BrN2O4/c1-3-30-23-14-19(10-12-22(23)29-2)24(28)27-26-15-18-9-11-21(20(25)13-18)31-16-17-7-5-4-6-8-17/h4-15H,3,16H2,1-2H3,(H,27,28)/b26-15+. The molecule has 6 nitrogen and oxygen atoms in total. The van der Waals surface area contributed by atoms with E-state index in [1.54, 1.807) is 31.5 Å². The van der Waals surface area contributed by atoms with Crippen LogP contribution in [0.15, 0.2) is 76.3 Å². The predicted molar refractivity (Wildman–Crippen MR) is 124 cm³/mol. The first-order valence-corrected chi connectivity index (χ1v) is 10.5. The van der Waals surface area contributed by atoms with Gasteiger partial charge in [0.1, 0.15) is 12.4 Å². The van der Waals surface area contributed by atoms with Gasteiger partial charge in [0.25, 0.3) is 5.91 Å². The van der Waals surface area contributed by atoms with Crippen LogP contribution in [0.3, 0.4) is 0 Å². The highest BCUT2D eigenvalue weighted by Gasteiger charge is 2.10. The average Bonchev–Trinajstić information content (AvgIpc) is 2.79. The lowest BCUT2D eigenvalue weighted by molar-refractivity contribution is 0.0954. The lowest BCUT2D eigenvalue weighted by Gasteiger charge is -2.10. The van der Waals surface area contributed by atoms with E-state index in [0.717, 1.165) is 21.3 Å². The van der Waals surface area contributed by atoms with Crippen LogP contribution in [0.2, 0.25) is 0 Å². The second-order valence-electron chi connectivity index (χ2n) is 6.46. The Labute approximate surface area is 190 Å². The molecule has 0 fully saturated rings. The van der Waals surface area contributed by atoms with Gasteiger partial charge >= 0.3 is 0 Å². The van der Waals surface area contributed by atoms with Crippen LogP contribution in [0.4, 0.5) is 0 Å². The van der Waals surface area contributed by atoms with Gasteiger partial charge in [0.2, 0.25) is 0 Å². The van der Waals surface area contributed by atoms with Crippen LogP contribution >= 0.6 is 15.9 Å². The molecule has 0 aliphatic carbocycles. The summed E-state index contributed by atoms with van der Waals surface area (Å²) < 4.78 is 17.4. The van der Waals surface area contributed by atoms with Gasteiger partial charge < -0.3 is 14.2 Å². The van der Waals surface area contributed by atoms with Crippen LogP contribution in [-0.2, 0) is 6.61 Å². The zero-order valence-corrected chi connectivity index (χ0v) is 18.9. The first kappa shape index (κ1) is 22.4. The molecule has 0 saturated heterocycles. The molecule has 0 saturated carbocycles. The molecular formula is C24H23BrN2O4. The SMILES string of the molecule is CCOc1cc(C(=O)N/N=C/c2ccc(OCc3ccccc3)c(Br)c2)ccc1OC. The molecule has 1 N–H and O–H groups in total. The minimum Gasteiger partial charge on any atom is -0.493 e. The van der Waals surface area contributed by atoms with Crippen LogP contribution in [0.25, 0.3) is 0 Å². The molecule has 0 radical (unpaired) electrons. The van der Waals surface area contributed by atoms with Crippen molar-refractivity contribution in [2.75, 3.05) is 13.7 Å². The van der Waals surface area contributed by atoms with Gasteiger partial charge in [-0.15, -0.1) is 0 Å². The van der Waals surface area contributed by atoms with Crippen LogP contribution in [0.1, 0.15) is 28.4 Å². The van der Waals surface area contributed by atoms with Crippen molar-refractivity contribution in [3.8, 4) is 17.2 Å². The number of nitrogens with one attached hydrogen (secondary N) is 1. The van der Waals surface area contributed by atoms with Gasteiger partial charge in [0, 0.05) is 5.56 Å². The van der Waals surface area contributed by atoms with Crippen LogP contribution in [-0.4, -0.2) is 25.8 Å². The molecule has 0 spiro atoms. The zero-order chi connectivity index (χ0) is 22.1. The monoisotopic (exact) mass is 482 g/mol.